The molecule has 0 spiro atoms. The lowest BCUT2D eigenvalue weighted by Gasteiger charge is -2.30. The summed E-state index contributed by atoms with van der Waals surface area (Å²) in [5.41, 5.74) is 1.47. The average Bonchev–Trinajstić information content (AvgIpc) is 3.13. The fourth-order valence-corrected chi connectivity index (χ4v) is 5.26. The summed E-state index contributed by atoms with van der Waals surface area (Å²) >= 11 is 0. The Bertz CT molecular complexity index is 1040. The van der Waals surface area contributed by atoms with Gasteiger partial charge in [-0.1, -0.05) is 32.9 Å². The van der Waals surface area contributed by atoms with Gasteiger partial charge in [-0.3, -0.25) is 4.79 Å². The van der Waals surface area contributed by atoms with Crippen LogP contribution in [0.2, 0.25) is 0 Å². The number of aromatic nitrogens is 1. The number of piperidine rings is 1. The zero-order valence-electron chi connectivity index (χ0n) is 18.6. The SMILES string of the molecule is Cc1cc(C(=O)Nc2cc(C(C)(C)C)on2)cc(S(=O)(=O)N2CCC(C)CC2)c1C. The van der Waals surface area contributed by atoms with Crippen LogP contribution in [0.3, 0.4) is 0 Å². The molecule has 2 aromatic rings. The molecule has 0 bridgehead atoms. The lowest BCUT2D eigenvalue weighted by atomic mass is 9.93. The van der Waals surface area contributed by atoms with E-state index in [1.165, 1.54) is 10.4 Å². The second-order valence-electron chi connectivity index (χ2n) is 9.28. The maximum absolute atomic E-state index is 13.3. The first kappa shape index (κ1) is 22.5. The van der Waals surface area contributed by atoms with E-state index >= 15 is 0 Å². The van der Waals surface area contributed by atoms with Crippen molar-refractivity contribution in [3.8, 4) is 0 Å². The third kappa shape index (κ3) is 4.59. The fourth-order valence-electron chi connectivity index (χ4n) is 3.47. The maximum Gasteiger partial charge on any atom is 0.256 e. The summed E-state index contributed by atoms with van der Waals surface area (Å²) in [5.74, 6) is 1.06. The van der Waals surface area contributed by atoms with Crippen molar-refractivity contribution in [2.24, 2.45) is 5.92 Å². The number of aryl methyl sites for hydroxylation is 1. The largest absolute Gasteiger partial charge is 0.359 e. The molecule has 0 saturated carbocycles. The minimum atomic E-state index is -3.66. The summed E-state index contributed by atoms with van der Waals surface area (Å²) in [7, 11) is -3.66. The van der Waals surface area contributed by atoms with Crippen LogP contribution in [0.5, 0.6) is 0 Å². The molecule has 1 aliphatic heterocycles. The Morgan fingerprint density at radius 2 is 1.80 bits per heavy atom. The number of anilines is 1. The van der Waals surface area contributed by atoms with Gasteiger partial charge < -0.3 is 9.84 Å². The van der Waals surface area contributed by atoms with E-state index in [4.69, 9.17) is 4.52 Å². The van der Waals surface area contributed by atoms with E-state index in [2.05, 4.69) is 17.4 Å². The Morgan fingerprint density at radius 1 is 1.17 bits per heavy atom. The first-order valence-electron chi connectivity index (χ1n) is 10.3. The number of carbonyl (C=O) groups excluding carboxylic acids is 1. The van der Waals surface area contributed by atoms with Crippen molar-refractivity contribution in [1.29, 1.82) is 0 Å². The predicted octanol–water partition coefficient (Wildman–Crippen LogP) is 4.26. The van der Waals surface area contributed by atoms with Crippen molar-refractivity contribution in [2.45, 2.75) is 64.7 Å². The van der Waals surface area contributed by atoms with Crippen LogP contribution in [0, 0.1) is 19.8 Å². The van der Waals surface area contributed by atoms with Gasteiger partial charge in [0.2, 0.25) is 10.0 Å². The average molecular weight is 434 g/mol. The Hall–Kier alpha value is -2.19. The van der Waals surface area contributed by atoms with E-state index in [0.717, 1.165) is 18.4 Å². The quantitative estimate of drug-likeness (QED) is 0.778. The summed E-state index contributed by atoms with van der Waals surface area (Å²) in [4.78, 5) is 13.0. The number of benzene rings is 1. The lowest BCUT2D eigenvalue weighted by Crippen LogP contribution is -2.38. The van der Waals surface area contributed by atoms with Gasteiger partial charge in [0, 0.05) is 30.1 Å². The van der Waals surface area contributed by atoms with E-state index in [-0.39, 0.29) is 15.9 Å². The summed E-state index contributed by atoms with van der Waals surface area (Å²) in [5, 5.41) is 6.62. The summed E-state index contributed by atoms with van der Waals surface area (Å²) in [6, 6.07) is 4.86. The minimum absolute atomic E-state index is 0.192. The molecule has 1 saturated heterocycles. The molecule has 1 N–H and O–H groups in total. The molecule has 1 fully saturated rings. The van der Waals surface area contributed by atoms with E-state index in [1.807, 2.05) is 27.7 Å². The minimum Gasteiger partial charge on any atom is -0.359 e. The highest BCUT2D eigenvalue weighted by Gasteiger charge is 2.30. The fraction of sp³-hybridized carbons (Fsp3) is 0.545. The molecule has 0 atom stereocenters. The van der Waals surface area contributed by atoms with Gasteiger partial charge in [-0.2, -0.15) is 4.31 Å². The van der Waals surface area contributed by atoms with Crippen LogP contribution < -0.4 is 5.32 Å². The van der Waals surface area contributed by atoms with Crippen LogP contribution in [0.25, 0.3) is 0 Å². The summed E-state index contributed by atoms with van der Waals surface area (Å²) in [6.45, 7) is 12.7. The van der Waals surface area contributed by atoms with Gasteiger partial charge >= 0.3 is 0 Å². The topological polar surface area (TPSA) is 92.5 Å². The number of hydrogen-bond donors (Lipinski definition) is 1. The van der Waals surface area contributed by atoms with Crippen molar-refractivity contribution in [3.63, 3.8) is 0 Å². The number of rotatable bonds is 4. The van der Waals surface area contributed by atoms with Gasteiger partial charge in [0.05, 0.1) is 4.90 Å². The molecule has 0 aliphatic carbocycles. The summed E-state index contributed by atoms with van der Waals surface area (Å²) < 4.78 is 33.4. The van der Waals surface area contributed by atoms with Gasteiger partial charge in [-0.05, 0) is 55.9 Å². The molecule has 2 heterocycles. The number of nitrogens with one attached hydrogen (secondary N) is 1. The maximum atomic E-state index is 13.3. The molecule has 7 nitrogen and oxygen atoms in total. The van der Waals surface area contributed by atoms with Crippen LogP contribution in [-0.4, -0.2) is 36.9 Å². The number of hydrogen-bond acceptors (Lipinski definition) is 5. The van der Waals surface area contributed by atoms with Gasteiger partial charge in [0.15, 0.2) is 5.82 Å². The molecule has 1 aliphatic rings. The molecule has 164 valence electrons. The van der Waals surface area contributed by atoms with Gasteiger partial charge in [0.25, 0.3) is 5.91 Å². The van der Waals surface area contributed by atoms with E-state index in [9.17, 15) is 13.2 Å². The number of amides is 1. The van der Waals surface area contributed by atoms with Crippen molar-refractivity contribution in [3.05, 3.63) is 40.6 Å². The zero-order valence-corrected chi connectivity index (χ0v) is 19.4. The van der Waals surface area contributed by atoms with E-state index in [0.29, 0.717) is 36.1 Å². The highest BCUT2D eigenvalue weighted by atomic mass is 32.2. The summed E-state index contributed by atoms with van der Waals surface area (Å²) in [6.07, 6.45) is 1.69. The highest BCUT2D eigenvalue weighted by molar-refractivity contribution is 7.89. The molecule has 8 heteroatoms. The Morgan fingerprint density at radius 3 is 2.37 bits per heavy atom. The number of sulfonamides is 1. The van der Waals surface area contributed by atoms with Gasteiger partial charge in [-0.25, -0.2) is 8.42 Å². The van der Waals surface area contributed by atoms with Crippen LogP contribution in [0.15, 0.2) is 27.6 Å². The van der Waals surface area contributed by atoms with Gasteiger partial charge in [0.1, 0.15) is 5.76 Å². The molecule has 1 aromatic heterocycles. The van der Waals surface area contributed by atoms with Crippen LogP contribution in [-0.2, 0) is 15.4 Å². The second kappa shape index (κ2) is 8.15. The van der Waals surface area contributed by atoms with Crippen LogP contribution >= 0.6 is 0 Å². The monoisotopic (exact) mass is 433 g/mol. The highest BCUT2D eigenvalue weighted by Crippen LogP contribution is 2.29. The second-order valence-corrected chi connectivity index (χ2v) is 11.2. The third-order valence-corrected chi connectivity index (χ3v) is 7.76. The molecule has 0 radical (unpaired) electrons. The molecule has 3 rings (SSSR count). The first-order chi connectivity index (χ1) is 13.9. The zero-order chi connectivity index (χ0) is 22.3. The Kier molecular flexibility index (Phi) is 6.11. The third-order valence-electron chi connectivity index (χ3n) is 5.73. The first-order valence-corrected chi connectivity index (χ1v) is 11.7. The van der Waals surface area contributed by atoms with Crippen LogP contribution in [0.4, 0.5) is 5.82 Å². The standard InChI is InChI=1S/C22H31N3O4S/c1-14-7-9-25(10-8-14)30(27,28)18-12-17(11-15(2)16(18)3)21(26)23-20-13-19(29-24-20)22(4,5)6/h11-14H,7-10H2,1-6H3,(H,23,24,26). The molecule has 30 heavy (non-hydrogen) atoms. The van der Waals surface area contributed by atoms with E-state index < -0.39 is 15.9 Å². The van der Waals surface area contributed by atoms with Crippen molar-refractivity contribution < 1.29 is 17.7 Å². The molecular weight excluding hydrogens is 402 g/mol. The smallest absolute Gasteiger partial charge is 0.256 e. The van der Waals surface area contributed by atoms with Crippen molar-refractivity contribution >= 4 is 21.7 Å². The normalized spacial score (nSPS) is 16.6. The van der Waals surface area contributed by atoms with Gasteiger partial charge in [-0.15, -0.1) is 0 Å². The molecule has 1 amide bonds. The molecule has 1 aromatic carbocycles. The predicted molar refractivity (Wildman–Crippen MR) is 116 cm³/mol. The Labute approximate surface area is 178 Å². The van der Waals surface area contributed by atoms with Crippen LogP contribution in [0.1, 0.15) is 67.8 Å². The van der Waals surface area contributed by atoms with Crippen molar-refractivity contribution in [2.75, 3.05) is 18.4 Å². The van der Waals surface area contributed by atoms with E-state index in [1.54, 1.807) is 19.1 Å². The van der Waals surface area contributed by atoms with Crippen molar-refractivity contribution in [1.82, 2.24) is 9.46 Å². The Balaban J connectivity index is 1.89. The number of carbonyl (C=O) groups is 1. The molecule has 0 unspecified atom stereocenters. The number of nitrogens with zero attached hydrogens (tertiary/aromatic N) is 2. The molecular formula is C22H31N3O4S. The lowest BCUT2D eigenvalue weighted by molar-refractivity contribution is 0.102.